The molecule has 0 saturated heterocycles. The highest BCUT2D eigenvalue weighted by molar-refractivity contribution is 5.92. The van der Waals surface area contributed by atoms with E-state index in [0.29, 0.717) is 6.61 Å². The fraction of sp³-hybridized carbons (Fsp3) is 0.250. The van der Waals surface area contributed by atoms with Crippen molar-refractivity contribution in [2.24, 2.45) is 0 Å². The molecule has 0 aliphatic rings. The van der Waals surface area contributed by atoms with Gasteiger partial charge in [0, 0.05) is 25.8 Å². The number of carbonyl (C=O) groups excluding carboxylic acids is 1. The Bertz CT molecular complexity index is 650. The lowest BCUT2D eigenvalue weighted by atomic mass is 10.0. The van der Waals surface area contributed by atoms with Gasteiger partial charge < -0.3 is 10.1 Å². The molecule has 1 unspecified atom stereocenters. The average Bonchev–Trinajstić information content (AvgIpc) is 2.59. The van der Waals surface area contributed by atoms with E-state index in [1.807, 2.05) is 43.3 Å². The van der Waals surface area contributed by atoms with Crippen molar-refractivity contribution in [2.45, 2.75) is 19.4 Å². The molecule has 3 heteroatoms. The minimum atomic E-state index is -0.0845. The molecule has 1 amide bonds. The molecular formula is C20H23NO2. The van der Waals surface area contributed by atoms with E-state index in [-0.39, 0.29) is 11.9 Å². The van der Waals surface area contributed by atoms with Crippen molar-refractivity contribution < 1.29 is 9.53 Å². The Morgan fingerprint density at radius 3 is 2.61 bits per heavy atom. The number of ether oxygens (including phenoxy) is 1. The number of hydrogen-bond donors (Lipinski definition) is 1. The van der Waals surface area contributed by atoms with E-state index in [2.05, 4.69) is 29.6 Å². The fourth-order valence-corrected chi connectivity index (χ4v) is 2.28. The van der Waals surface area contributed by atoms with Crippen LogP contribution in [-0.2, 0) is 9.53 Å². The van der Waals surface area contributed by atoms with E-state index < -0.39 is 0 Å². The fourth-order valence-electron chi connectivity index (χ4n) is 2.28. The highest BCUT2D eigenvalue weighted by Crippen LogP contribution is 2.20. The average molecular weight is 309 g/mol. The van der Waals surface area contributed by atoms with Gasteiger partial charge in [-0.15, -0.1) is 0 Å². The van der Waals surface area contributed by atoms with Crippen LogP contribution < -0.4 is 5.32 Å². The van der Waals surface area contributed by atoms with Crippen LogP contribution in [0.2, 0.25) is 0 Å². The molecule has 0 fully saturated rings. The topological polar surface area (TPSA) is 38.3 Å². The number of nitrogens with one attached hydrogen (secondary N) is 1. The van der Waals surface area contributed by atoms with Crippen molar-refractivity contribution in [1.29, 1.82) is 0 Å². The summed E-state index contributed by atoms with van der Waals surface area (Å²) in [6.07, 6.45) is 4.22. The Hall–Kier alpha value is -2.39. The molecule has 1 atom stereocenters. The van der Waals surface area contributed by atoms with Crippen LogP contribution in [0.1, 0.15) is 18.9 Å². The largest absolute Gasteiger partial charge is 0.385 e. The molecular weight excluding hydrogens is 286 g/mol. The molecule has 0 aliphatic carbocycles. The lowest BCUT2D eigenvalue weighted by Gasteiger charge is -2.11. The molecule has 120 valence electrons. The minimum absolute atomic E-state index is 0.0845. The van der Waals surface area contributed by atoms with Crippen LogP contribution >= 0.6 is 0 Å². The van der Waals surface area contributed by atoms with Crippen molar-refractivity contribution in [3.63, 3.8) is 0 Å². The van der Waals surface area contributed by atoms with E-state index in [1.165, 1.54) is 5.56 Å². The van der Waals surface area contributed by atoms with Gasteiger partial charge in [-0.3, -0.25) is 4.79 Å². The summed E-state index contributed by atoms with van der Waals surface area (Å²) < 4.78 is 5.01. The van der Waals surface area contributed by atoms with Gasteiger partial charge in [-0.2, -0.15) is 0 Å². The second-order valence-electron chi connectivity index (χ2n) is 5.52. The first-order valence-electron chi connectivity index (χ1n) is 7.82. The van der Waals surface area contributed by atoms with Crippen LogP contribution in [0.5, 0.6) is 0 Å². The van der Waals surface area contributed by atoms with E-state index in [9.17, 15) is 4.79 Å². The van der Waals surface area contributed by atoms with Crippen molar-refractivity contribution in [3.05, 3.63) is 66.2 Å². The number of amides is 1. The maximum atomic E-state index is 11.9. The zero-order chi connectivity index (χ0) is 16.5. The SMILES string of the molecule is COCCC(C)NC(=O)/C=C/c1cccc(-c2ccccc2)c1. The van der Waals surface area contributed by atoms with Gasteiger partial charge in [0.25, 0.3) is 0 Å². The van der Waals surface area contributed by atoms with Crippen LogP contribution in [0.3, 0.4) is 0 Å². The predicted molar refractivity (Wildman–Crippen MR) is 95.0 cm³/mol. The predicted octanol–water partition coefficient (Wildman–Crippen LogP) is 3.91. The van der Waals surface area contributed by atoms with Crippen molar-refractivity contribution in [3.8, 4) is 11.1 Å². The first-order chi connectivity index (χ1) is 11.2. The first-order valence-corrected chi connectivity index (χ1v) is 7.82. The zero-order valence-corrected chi connectivity index (χ0v) is 13.7. The molecule has 0 aliphatic heterocycles. The number of carbonyl (C=O) groups is 1. The summed E-state index contributed by atoms with van der Waals surface area (Å²) in [5, 5.41) is 2.93. The Kier molecular flexibility index (Phi) is 6.57. The maximum absolute atomic E-state index is 11.9. The van der Waals surface area contributed by atoms with Gasteiger partial charge in [-0.1, -0.05) is 48.5 Å². The molecule has 0 radical (unpaired) electrons. The van der Waals surface area contributed by atoms with Crippen LogP contribution in [0.4, 0.5) is 0 Å². The molecule has 23 heavy (non-hydrogen) atoms. The van der Waals surface area contributed by atoms with E-state index in [0.717, 1.165) is 17.5 Å². The smallest absolute Gasteiger partial charge is 0.244 e. The Balaban J connectivity index is 1.99. The highest BCUT2D eigenvalue weighted by Gasteiger charge is 2.04. The Morgan fingerprint density at radius 2 is 1.87 bits per heavy atom. The molecule has 2 aromatic rings. The van der Waals surface area contributed by atoms with Gasteiger partial charge in [-0.05, 0) is 42.2 Å². The second kappa shape index (κ2) is 8.91. The monoisotopic (exact) mass is 309 g/mol. The summed E-state index contributed by atoms with van der Waals surface area (Å²) in [6, 6.07) is 18.4. The van der Waals surface area contributed by atoms with E-state index >= 15 is 0 Å². The standard InChI is InChI=1S/C20H23NO2/c1-16(13-14-23-2)21-20(22)12-11-17-7-6-10-19(15-17)18-8-4-3-5-9-18/h3-12,15-16H,13-14H2,1-2H3,(H,21,22)/b12-11+. The van der Waals surface area contributed by atoms with Crippen LogP contribution in [0.15, 0.2) is 60.7 Å². The van der Waals surface area contributed by atoms with Crippen LogP contribution in [-0.4, -0.2) is 25.7 Å². The quantitative estimate of drug-likeness (QED) is 0.788. The summed E-state index contributed by atoms with van der Waals surface area (Å²) in [5.41, 5.74) is 3.31. The Labute approximate surface area is 138 Å². The van der Waals surface area contributed by atoms with Crippen molar-refractivity contribution in [2.75, 3.05) is 13.7 Å². The molecule has 0 heterocycles. The van der Waals surface area contributed by atoms with Crippen LogP contribution in [0, 0.1) is 0 Å². The van der Waals surface area contributed by atoms with Gasteiger partial charge in [0.1, 0.15) is 0 Å². The Morgan fingerprint density at radius 1 is 1.13 bits per heavy atom. The maximum Gasteiger partial charge on any atom is 0.244 e. The third kappa shape index (κ3) is 5.72. The number of hydrogen-bond acceptors (Lipinski definition) is 2. The molecule has 1 N–H and O–H groups in total. The molecule has 0 aromatic heterocycles. The van der Waals surface area contributed by atoms with Gasteiger partial charge in [-0.25, -0.2) is 0 Å². The molecule has 0 saturated carbocycles. The number of benzene rings is 2. The van der Waals surface area contributed by atoms with Crippen molar-refractivity contribution in [1.82, 2.24) is 5.32 Å². The molecule has 3 nitrogen and oxygen atoms in total. The summed E-state index contributed by atoms with van der Waals surface area (Å²) in [5.74, 6) is -0.0845. The zero-order valence-electron chi connectivity index (χ0n) is 13.7. The normalized spacial score (nSPS) is 12.3. The molecule has 2 aromatic carbocycles. The summed E-state index contributed by atoms with van der Waals surface area (Å²) >= 11 is 0. The lowest BCUT2D eigenvalue weighted by molar-refractivity contribution is -0.117. The van der Waals surface area contributed by atoms with Crippen LogP contribution in [0.25, 0.3) is 17.2 Å². The third-order valence-electron chi connectivity index (χ3n) is 3.56. The molecule has 0 spiro atoms. The van der Waals surface area contributed by atoms with Crippen molar-refractivity contribution >= 4 is 12.0 Å². The summed E-state index contributed by atoms with van der Waals surface area (Å²) in [6.45, 7) is 2.62. The van der Waals surface area contributed by atoms with E-state index in [4.69, 9.17) is 4.74 Å². The lowest BCUT2D eigenvalue weighted by Crippen LogP contribution is -2.31. The third-order valence-corrected chi connectivity index (χ3v) is 3.56. The van der Waals surface area contributed by atoms with Gasteiger partial charge in [0.2, 0.25) is 5.91 Å². The number of methoxy groups -OCH3 is 1. The first kappa shape index (κ1) is 17.0. The summed E-state index contributed by atoms with van der Waals surface area (Å²) in [7, 11) is 1.66. The molecule has 2 rings (SSSR count). The summed E-state index contributed by atoms with van der Waals surface area (Å²) in [4.78, 5) is 11.9. The highest BCUT2D eigenvalue weighted by atomic mass is 16.5. The minimum Gasteiger partial charge on any atom is -0.385 e. The van der Waals surface area contributed by atoms with Gasteiger partial charge >= 0.3 is 0 Å². The van der Waals surface area contributed by atoms with Gasteiger partial charge in [0.05, 0.1) is 0 Å². The second-order valence-corrected chi connectivity index (χ2v) is 5.52. The van der Waals surface area contributed by atoms with Gasteiger partial charge in [0.15, 0.2) is 0 Å². The number of rotatable bonds is 7. The van der Waals surface area contributed by atoms with E-state index in [1.54, 1.807) is 13.2 Å². The molecule has 0 bridgehead atoms.